The number of benzene rings is 2. The average Bonchev–Trinajstić information content (AvgIpc) is 2.82. The molecule has 4 heteroatoms. The van der Waals surface area contributed by atoms with Gasteiger partial charge in [-0.05, 0) is 43.3 Å². The molecule has 100 valence electrons. The minimum absolute atomic E-state index is 0.238. The van der Waals surface area contributed by atoms with Crippen molar-refractivity contribution < 1.29 is 4.39 Å². The molecular formula is C16H13FN2S. The van der Waals surface area contributed by atoms with Gasteiger partial charge >= 0.3 is 0 Å². The first kappa shape index (κ1) is 12.8. The predicted octanol–water partition coefficient (Wildman–Crippen LogP) is 4.51. The monoisotopic (exact) mass is 284 g/mol. The number of aryl methyl sites for hydroxylation is 1. The Morgan fingerprint density at radius 1 is 1.05 bits per heavy atom. The molecule has 0 saturated carbocycles. The van der Waals surface area contributed by atoms with Crippen molar-refractivity contribution in [1.29, 1.82) is 0 Å². The van der Waals surface area contributed by atoms with E-state index in [0.29, 0.717) is 0 Å². The van der Waals surface area contributed by atoms with E-state index in [9.17, 15) is 4.39 Å². The Labute approximate surface area is 120 Å². The maximum atomic E-state index is 13.0. The van der Waals surface area contributed by atoms with Gasteiger partial charge in [-0.3, -0.25) is 0 Å². The van der Waals surface area contributed by atoms with Gasteiger partial charge in [0, 0.05) is 21.7 Å². The number of nitrogen functional groups attached to an aromatic ring is 1. The molecule has 0 bridgehead atoms. The van der Waals surface area contributed by atoms with E-state index in [2.05, 4.69) is 4.98 Å². The molecule has 0 radical (unpaired) electrons. The second-order valence-corrected chi connectivity index (χ2v) is 5.76. The Kier molecular flexibility index (Phi) is 3.24. The Morgan fingerprint density at radius 2 is 1.80 bits per heavy atom. The Morgan fingerprint density at radius 3 is 2.50 bits per heavy atom. The Bertz CT molecular complexity index is 747. The van der Waals surface area contributed by atoms with Gasteiger partial charge in [-0.2, -0.15) is 0 Å². The average molecular weight is 284 g/mol. The molecule has 2 nitrogen and oxygen atoms in total. The van der Waals surface area contributed by atoms with Crippen molar-refractivity contribution in [3.63, 3.8) is 0 Å². The van der Waals surface area contributed by atoms with Gasteiger partial charge in [0.1, 0.15) is 10.8 Å². The standard InChI is InChI=1S/C16H13FN2S/c1-10-15(11-5-7-13(17)8-6-11)19-16(20-10)12-3-2-4-14(18)9-12/h2-9H,18H2,1H3. The molecule has 3 aromatic rings. The third-order valence-electron chi connectivity index (χ3n) is 3.05. The third kappa shape index (κ3) is 2.42. The molecule has 3 rings (SSSR count). The predicted molar refractivity (Wildman–Crippen MR) is 82.1 cm³/mol. The molecule has 0 amide bonds. The highest BCUT2D eigenvalue weighted by Crippen LogP contribution is 2.33. The van der Waals surface area contributed by atoms with Gasteiger partial charge in [-0.1, -0.05) is 12.1 Å². The van der Waals surface area contributed by atoms with Crippen molar-refractivity contribution >= 4 is 17.0 Å². The summed E-state index contributed by atoms with van der Waals surface area (Å²) in [7, 11) is 0. The number of nitrogens with zero attached hydrogens (tertiary/aromatic N) is 1. The van der Waals surface area contributed by atoms with Crippen LogP contribution in [0.2, 0.25) is 0 Å². The molecule has 0 aliphatic carbocycles. The number of thiazole rings is 1. The first-order valence-electron chi connectivity index (χ1n) is 6.23. The van der Waals surface area contributed by atoms with E-state index < -0.39 is 0 Å². The molecule has 1 heterocycles. The minimum atomic E-state index is -0.238. The molecule has 0 unspecified atom stereocenters. The number of halogens is 1. The summed E-state index contributed by atoms with van der Waals surface area (Å²) in [6.07, 6.45) is 0. The summed E-state index contributed by atoms with van der Waals surface area (Å²) < 4.78 is 13.0. The van der Waals surface area contributed by atoms with Gasteiger partial charge < -0.3 is 5.73 Å². The maximum Gasteiger partial charge on any atom is 0.124 e. The fourth-order valence-electron chi connectivity index (χ4n) is 2.07. The fourth-order valence-corrected chi connectivity index (χ4v) is 3.00. The molecule has 20 heavy (non-hydrogen) atoms. The summed E-state index contributed by atoms with van der Waals surface area (Å²) in [5.74, 6) is -0.238. The molecular weight excluding hydrogens is 271 g/mol. The maximum absolute atomic E-state index is 13.0. The van der Waals surface area contributed by atoms with Crippen LogP contribution in [-0.4, -0.2) is 4.98 Å². The van der Waals surface area contributed by atoms with Crippen LogP contribution in [0, 0.1) is 12.7 Å². The van der Waals surface area contributed by atoms with E-state index in [1.165, 1.54) is 12.1 Å². The van der Waals surface area contributed by atoms with Gasteiger partial charge in [-0.25, -0.2) is 9.37 Å². The number of nitrogens with two attached hydrogens (primary N) is 1. The number of anilines is 1. The molecule has 2 N–H and O–H groups in total. The fraction of sp³-hybridized carbons (Fsp3) is 0.0625. The van der Waals surface area contributed by atoms with Crippen molar-refractivity contribution in [3.8, 4) is 21.8 Å². The summed E-state index contributed by atoms with van der Waals surface area (Å²) in [5, 5.41) is 0.925. The van der Waals surface area contributed by atoms with E-state index in [0.717, 1.165) is 32.4 Å². The minimum Gasteiger partial charge on any atom is -0.399 e. The number of hydrogen-bond donors (Lipinski definition) is 1. The van der Waals surface area contributed by atoms with Crippen LogP contribution in [0.25, 0.3) is 21.8 Å². The van der Waals surface area contributed by atoms with E-state index >= 15 is 0 Å². The molecule has 0 fully saturated rings. The lowest BCUT2D eigenvalue weighted by molar-refractivity contribution is 0.628. The van der Waals surface area contributed by atoms with Crippen LogP contribution in [0.4, 0.5) is 10.1 Å². The molecule has 0 atom stereocenters. The molecule has 0 spiro atoms. The Balaban J connectivity index is 2.05. The van der Waals surface area contributed by atoms with Gasteiger partial charge in [0.25, 0.3) is 0 Å². The van der Waals surface area contributed by atoms with Gasteiger partial charge in [0.2, 0.25) is 0 Å². The lowest BCUT2D eigenvalue weighted by atomic mass is 10.1. The quantitative estimate of drug-likeness (QED) is 0.703. The first-order chi connectivity index (χ1) is 9.63. The van der Waals surface area contributed by atoms with E-state index in [4.69, 9.17) is 5.73 Å². The third-order valence-corrected chi connectivity index (χ3v) is 4.07. The van der Waals surface area contributed by atoms with Gasteiger partial charge in [0.15, 0.2) is 0 Å². The smallest absolute Gasteiger partial charge is 0.124 e. The molecule has 1 aromatic heterocycles. The summed E-state index contributed by atoms with van der Waals surface area (Å²) in [6, 6.07) is 14.1. The zero-order valence-electron chi connectivity index (χ0n) is 10.9. The highest BCUT2D eigenvalue weighted by molar-refractivity contribution is 7.15. The van der Waals surface area contributed by atoms with Crippen LogP contribution >= 0.6 is 11.3 Å². The number of rotatable bonds is 2. The lowest BCUT2D eigenvalue weighted by Crippen LogP contribution is -1.85. The van der Waals surface area contributed by atoms with Crippen molar-refractivity contribution in [3.05, 3.63) is 59.2 Å². The highest BCUT2D eigenvalue weighted by Gasteiger charge is 2.11. The van der Waals surface area contributed by atoms with Crippen molar-refractivity contribution in [2.75, 3.05) is 5.73 Å². The largest absolute Gasteiger partial charge is 0.399 e. The second-order valence-electron chi connectivity index (χ2n) is 4.56. The lowest BCUT2D eigenvalue weighted by Gasteiger charge is -1.99. The van der Waals surface area contributed by atoms with Crippen molar-refractivity contribution in [2.45, 2.75) is 6.92 Å². The summed E-state index contributed by atoms with van der Waals surface area (Å²) in [4.78, 5) is 5.77. The highest BCUT2D eigenvalue weighted by atomic mass is 32.1. The van der Waals surface area contributed by atoms with Crippen LogP contribution in [-0.2, 0) is 0 Å². The zero-order valence-corrected chi connectivity index (χ0v) is 11.7. The normalized spacial score (nSPS) is 10.7. The Hall–Kier alpha value is -2.20. The van der Waals surface area contributed by atoms with Crippen LogP contribution < -0.4 is 5.73 Å². The van der Waals surface area contributed by atoms with Crippen molar-refractivity contribution in [2.24, 2.45) is 0 Å². The molecule has 0 saturated heterocycles. The first-order valence-corrected chi connectivity index (χ1v) is 7.04. The van der Waals surface area contributed by atoms with Crippen LogP contribution in [0.5, 0.6) is 0 Å². The number of hydrogen-bond acceptors (Lipinski definition) is 3. The molecule has 2 aromatic carbocycles. The summed E-state index contributed by atoms with van der Waals surface area (Å²) in [6.45, 7) is 2.02. The zero-order chi connectivity index (χ0) is 14.1. The SMILES string of the molecule is Cc1sc(-c2cccc(N)c2)nc1-c1ccc(F)cc1. The van der Waals surface area contributed by atoms with E-state index in [1.54, 1.807) is 23.5 Å². The number of aromatic nitrogens is 1. The van der Waals surface area contributed by atoms with Gasteiger partial charge in [0.05, 0.1) is 5.69 Å². The summed E-state index contributed by atoms with van der Waals surface area (Å²) >= 11 is 1.61. The van der Waals surface area contributed by atoms with E-state index in [1.807, 2.05) is 31.2 Å². The molecule has 0 aliphatic heterocycles. The van der Waals surface area contributed by atoms with Crippen LogP contribution in [0.15, 0.2) is 48.5 Å². The van der Waals surface area contributed by atoms with Crippen LogP contribution in [0.3, 0.4) is 0 Å². The molecule has 0 aliphatic rings. The van der Waals surface area contributed by atoms with Crippen molar-refractivity contribution in [1.82, 2.24) is 4.98 Å². The van der Waals surface area contributed by atoms with Gasteiger partial charge in [-0.15, -0.1) is 11.3 Å². The van der Waals surface area contributed by atoms with Crippen LogP contribution in [0.1, 0.15) is 4.88 Å². The van der Waals surface area contributed by atoms with E-state index in [-0.39, 0.29) is 5.82 Å². The summed E-state index contributed by atoms with van der Waals surface area (Å²) in [5.41, 5.74) is 9.35. The topological polar surface area (TPSA) is 38.9 Å². The second kappa shape index (κ2) is 5.06.